The number of aromatic nitrogens is 3. The highest BCUT2D eigenvalue weighted by Crippen LogP contribution is 2.29. The Morgan fingerprint density at radius 1 is 1.63 bits per heavy atom. The second-order valence-corrected chi connectivity index (χ2v) is 5.34. The Kier molecular flexibility index (Phi) is 4.78. The summed E-state index contributed by atoms with van der Waals surface area (Å²) in [5.74, 6) is -0.548. The zero-order chi connectivity index (χ0) is 13.8. The van der Waals surface area contributed by atoms with Crippen LogP contribution in [0.2, 0.25) is 0 Å². The van der Waals surface area contributed by atoms with E-state index in [1.54, 1.807) is 4.57 Å². The molecular weight excluding hydrogens is 270 g/mol. The van der Waals surface area contributed by atoms with Crippen LogP contribution in [0.5, 0.6) is 0 Å². The number of hydrogen-bond acceptors (Lipinski definition) is 6. The first-order valence-corrected chi connectivity index (χ1v) is 7.13. The molecule has 0 aromatic carbocycles. The second-order valence-electron chi connectivity index (χ2n) is 4.40. The maximum atomic E-state index is 10.6. The fourth-order valence-corrected chi connectivity index (χ4v) is 2.96. The number of rotatable bonds is 6. The quantitative estimate of drug-likeness (QED) is 0.743. The monoisotopic (exact) mass is 287 g/mol. The van der Waals surface area contributed by atoms with Gasteiger partial charge < -0.3 is 14.9 Å². The third-order valence-corrected chi connectivity index (χ3v) is 4.04. The molecule has 2 unspecified atom stereocenters. The Labute approximate surface area is 115 Å². The van der Waals surface area contributed by atoms with Gasteiger partial charge in [-0.05, 0) is 19.8 Å². The topological polar surface area (TPSA) is 97.5 Å². The van der Waals surface area contributed by atoms with E-state index in [-0.39, 0.29) is 24.5 Å². The van der Waals surface area contributed by atoms with Gasteiger partial charge in [-0.15, -0.1) is 10.2 Å². The molecule has 2 atom stereocenters. The fraction of sp³-hybridized carbons (Fsp3) is 0.727. The van der Waals surface area contributed by atoms with Gasteiger partial charge in [0.05, 0.1) is 17.9 Å². The Balaban J connectivity index is 2.19. The van der Waals surface area contributed by atoms with Gasteiger partial charge in [0, 0.05) is 6.61 Å². The van der Waals surface area contributed by atoms with E-state index < -0.39 is 5.97 Å². The molecule has 1 fully saturated rings. The van der Waals surface area contributed by atoms with Crippen LogP contribution in [0, 0.1) is 0 Å². The minimum absolute atomic E-state index is 0.0176. The lowest BCUT2D eigenvalue weighted by atomic mass is 10.1. The van der Waals surface area contributed by atoms with Crippen molar-refractivity contribution in [3.63, 3.8) is 0 Å². The molecule has 1 aromatic heterocycles. The van der Waals surface area contributed by atoms with E-state index in [1.807, 2.05) is 6.92 Å². The van der Waals surface area contributed by atoms with Crippen molar-refractivity contribution >= 4 is 17.7 Å². The van der Waals surface area contributed by atoms with Crippen LogP contribution in [-0.2, 0) is 16.1 Å². The summed E-state index contributed by atoms with van der Waals surface area (Å²) in [7, 11) is 0. The zero-order valence-electron chi connectivity index (χ0n) is 10.7. The lowest BCUT2D eigenvalue weighted by molar-refractivity contribution is -0.133. The molecule has 8 heteroatoms. The van der Waals surface area contributed by atoms with Crippen molar-refractivity contribution in [3.05, 3.63) is 5.82 Å². The van der Waals surface area contributed by atoms with Crippen molar-refractivity contribution in [1.29, 1.82) is 0 Å². The molecule has 1 saturated heterocycles. The molecular formula is C11H17N3O4S. The predicted molar refractivity (Wildman–Crippen MR) is 68.0 cm³/mol. The number of ether oxygens (including phenoxy) is 1. The molecule has 0 saturated carbocycles. The molecule has 1 aliphatic heterocycles. The normalized spacial score (nSPS) is 20.6. The van der Waals surface area contributed by atoms with Crippen LogP contribution in [0.4, 0.5) is 0 Å². The molecule has 0 radical (unpaired) electrons. The maximum Gasteiger partial charge on any atom is 0.313 e. The Hall–Kier alpha value is -1.12. The number of aliphatic carboxylic acids is 1. The summed E-state index contributed by atoms with van der Waals surface area (Å²) in [4.78, 5) is 10.6. The third kappa shape index (κ3) is 3.26. The number of aliphatic hydroxyl groups is 1. The highest BCUT2D eigenvalue weighted by atomic mass is 32.2. The van der Waals surface area contributed by atoms with E-state index in [9.17, 15) is 9.90 Å². The standard InChI is InChI=1S/C11H17N3O4S/c1-7(8-3-2-4-18-8)14-9(5-15)12-13-11(14)19-6-10(16)17/h7-8,15H,2-6H2,1H3,(H,16,17). The van der Waals surface area contributed by atoms with Crippen molar-refractivity contribution in [2.75, 3.05) is 12.4 Å². The summed E-state index contributed by atoms with van der Waals surface area (Å²) in [6, 6.07) is -0.0176. The molecule has 2 rings (SSSR count). The van der Waals surface area contributed by atoms with Gasteiger partial charge in [0.1, 0.15) is 6.61 Å². The average Bonchev–Trinajstić information content (AvgIpc) is 3.04. The molecule has 0 amide bonds. The van der Waals surface area contributed by atoms with E-state index >= 15 is 0 Å². The average molecular weight is 287 g/mol. The zero-order valence-corrected chi connectivity index (χ0v) is 11.5. The molecule has 1 aliphatic rings. The molecule has 1 aromatic rings. The maximum absolute atomic E-state index is 10.6. The van der Waals surface area contributed by atoms with Gasteiger partial charge in [-0.3, -0.25) is 9.36 Å². The van der Waals surface area contributed by atoms with Crippen molar-refractivity contribution in [2.24, 2.45) is 0 Å². The number of thioether (sulfide) groups is 1. The van der Waals surface area contributed by atoms with E-state index in [0.717, 1.165) is 31.2 Å². The largest absolute Gasteiger partial charge is 0.481 e. The van der Waals surface area contributed by atoms with Crippen molar-refractivity contribution < 1.29 is 19.7 Å². The van der Waals surface area contributed by atoms with Gasteiger partial charge in [-0.25, -0.2) is 0 Å². The van der Waals surface area contributed by atoms with Gasteiger partial charge in [0.15, 0.2) is 11.0 Å². The summed E-state index contributed by atoms with van der Waals surface area (Å²) < 4.78 is 7.42. The van der Waals surface area contributed by atoms with E-state index in [1.165, 1.54) is 0 Å². The highest BCUT2D eigenvalue weighted by Gasteiger charge is 2.28. The summed E-state index contributed by atoms with van der Waals surface area (Å²) in [5, 5.41) is 26.4. The molecule has 106 valence electrons. The summed E-state index contributed by atoms with van der Waals surface area (Å²) >= 11 is 1.10. The number of carbonyl (C=O) groups is 1. The fourth-order valence-electron chi connectivity index (χ4n) is 2.20. The Morgan fingerprint density at radius 3 is 3.00 bits per heavy atom. The number of carboxylic acid groups (broad SMARTS) is 1. The molecule has 2 N–H and O–H groups in total. The molecule has 7 nitrogen and oxygen atoms in total. The Morgan fingerprint density at radius 2 is 2.42 bits per heavy atom. The second kappa shape index (κ2) is 6.36. The van der Waals surface area contributed by atoms with Crippen LogP contribution in [-0.4, -0.2) is 49.4 Å². The number of hydrogen-bond donors (Lipinski definition) is 2. The van der Waals surface area contributed by atoms with Crippen LogP contribution in [0.15, 0.2) is 5.16 Å². The summed E-state index contributed by atoms with van der Waals surface area (Å²) in [6.07, 6.45) is 2.03. The van der Waals surface area contributed by atoms with E-state index in [0.29, 0.717) is 11.0 Å². The first-order valence-electron chi connectivity index (χ1n) is 6.14. The molecule has 19 heavy (non-hydrogen) atoms. The highest BCUT2D eigenvalue weighted by molar-refractivity contribution is 7.99. The van der Waals surface area contributed by atoms with E-state index in [2.05, 4.69) is 10.2 Å². The summed E-state index contributed by atoms with van der Waals surface area (Å²) in [5.41, 5.74) is 0. The van der Waals surface area contributed by atoms with Gasteiger partial charge >= 0.3 is 5.97 Å². The van der Waals surface area contributed by atoms with Crippen molar-refractivity contribution in [2.45, 2.75) is 43.7 Å². The molecule has 2 heterocycles. The van der Waals surface area contributed by atoms with E-state index in [4.69, 9.17) is 9.84 Å². The molecule has 0 aliphatic carbocycles. The predicted octanol–water partition coefficient (Wildman–Crippen LogP) is 0.687. The van der Waals surface area contributed by atoms with Crippen LogP contribution < -0.4 is 0 Å². The van der Waals surface area contributed by atoms with Crippen LogP contribution >= 0.6 is 11.8 Å². The van der Waals surface area contributed by atoms with Gasteiger partial charge in [0.25, 0.3) is 0 Å². The lowest BCUT2D eigenvalue weighted by Gasteiger charge is -2.22. The number of nitrogens with zero attached hydrogens (tertiary/aromatic N) is 3. The van der Waals surface area contributed by atoms with Crippen LogP contribution in [0.3, 0.4) is 0 Å². The minimum atomic E-state index is -0.908. The van der Waals surface area contributed by atoms with Gasteiger partial charge in [0.2, 0.25) is 0 Å². The van der Waals surface area contributed by atoms with Crippen LogP contribution in [0.1, 0.15) is 31.6 Å². The Bertz CT molecular complexity index is 445. The SMILES string of the molecule is CC(C1CCCO1)n1c(CO)nnc1SCC(=O)O. The molecule has 0 bridgehead atoms. The van der Waals surface area contributed by atoms with Gasteiger partial charge in [-0.2, -0.15) is 0 Å². The summed E-state index contributed by atoms with van der Waals surface area (Å²) in [6.45, 7) is 2.49. The first kappa shape index (κ1) is 14.3. The minimum Gasteiger partial charge on any atom is -0.481 e. The lowest BCUT2D eigenvalue weighted by Crippen LogP contribution is -2.23. The van der Waals surface area contributed by atoms with Crippen molar-refractivity contribution in [1.82, 2.24) is 14.8 Å². The van der Waals surface area contributed by atoms with Crippen LogP contribution in [0.25, 0.3) is 0 Å². The number of aliphatic hydroxyl groups excluding tert-OH is 1. The van der Waals surface area contributed by atoms with Crippen molar-refractivity contribution in [3.8, 4) is 0 Å². The first-order chi connectivity index (χ1) is 9.13. The third-order valence-electron chi connectivity index (χ3n) is 3.11. The number of carboxylic acids is 1. The smallest absolute Gasteiger partial charge is 0.313 e. The molecule has 0 spiro atoms. The van der Waals surface area contributed by atoms with Gasteiger partial charge in [-0.1, -0.05) is 11.8 Å².